The van der Waals surface area contributed by atoms with Crippen molar-refractivity contribution in [3.8, 4) is 0 Å². The lowest BCUT2D eigenvalue weighted by molar-refractivity contribution is -0.117. The highest BCUT2D eigenvalue weighted by atomic mass is 16.2. The SMILES string of the molecule is CCC(=O)CNC(=O)c1ccc(N2CCN(c3nnc(Cc4ccccc4)c4ccccc34)CC2)nc1. The molecule has 1 N–H and O–H groups in total. The summed E-state index contributed by atoms with van der Waals surface area (Å²) in [5.41, 5.74) is 2.65. The Labute approximate surface area is 216 Å². The minimum Gasteiger partial charge on any atom is -0.353 e. The molecular weight excluding hydrogens is 464 g/mol. The van der Waals surface area contributed by atoms with E-state index in [9.17, 15) is 9.59 Å². The Hall–Kier alpha value is -4.33. The molecular formula is C29H30N6O2. The van der Waals surface area contributed by atoms with Crippen LogP contribution in [-0.2, 0) is 11.2 Å². The van der Waals surface area contributed by atoms with E-state index in [4.69, 9.17) is 0 Å². The van der Waals surface area contributed by atoms with Crippen molar-refractivity contribution in [2.24, 2.45) is 0 Å². The molecule has 0 saturated carbocycles. The lowest BCUT2D eigenvalue weighted by Crippen LogP contribution is -2.47. The third kappa shape index (κ3) is 5.58. The van der Waals surface area contributed by atoms with Gasteiger partial charge in [0.05, 0.1) is 17.8 Å². The van der Waals surface area contributed by atoms with Gasteiger partial charge in [-0.1, -0.05) is 61.5 Å². The number of nitrogens with zero attached hydrogens (tertiary/aromatic N) is 5. The number of benzene rings is 2. The van der Waals surface area contributed by atoms with Crippen LogP contribution < -0.4 is 15.1 Å². The lowest BCUT2D eigenvalue weighted by Gasteiger charge is -2.36. The first-order chi connectivity index (χ1) is 18.1. The highest BCUT2D eigenvalue weighted by molar-refractivity contribution is 5.96. The molecule has 0 bridgehead atoms. The van der Waals surface area contributed by atoms with Crippen LogP contribution in [0.3, 0.4) is 0 Å². The van der Waals surface area contributed by atoms with Crippen molar-refractivity contribution < 1.29 is 9.59 Å². The Morgan fingerprint density at radius 1 is 0.838 bits per heavy atom. The highest BCUT2D eigenvalue weighted by Gasteiger charge is 2.22. The van der Waals surface area contributed by atoms with E-state index in [1.54, 1.807) is 19.2 Å². The number of aromatic nitrogens is 3. The molecule has 4 aromatic rings. The average Bonchev–Trinajstić information content (AvgIpc) is 2.96. The predicted molar refractivity (Wildman–Crippen MR) is 145 cm³/mol. The molecule has 1 aliphatic heterocycles. The molecule has 1 fully saturated rings. The molecule has 37 heavy (non-hydrogen) atoms. The molecule has 1 amide bonds. The van der Waals surface area contributed by atoms with Crippen LogP contribution >= 0.6 is 0 Å². The molecule has 3 heterocycles. The van der Waals surface area contributed by atoms with Crippen LogP contribution in [0.2, 0.25) is 0 Å². The number of hydrogen-bond acceptors (Lipinski definition) is 7. The van der Waals surface area contributed by atoms with E-state index >= 15 is 0 Å². The highest BCUT2D eigenvalue weighted by Crippen LogP contribution is 2.28. The van der Waals surface area contributed by atoms with Crippen molar-refractivity contribution in [1.29, 1.82) is 0 Å². The molecule has 2 aromatic carbocycles. The van der Waals surface area contributed by atoms with Crippen molar-refractivity contribution in [3.63, 3.8) is 0 Å². The number of rotatable bonds is 8. The molecule has 0 aliphatic carbocycles. The van der Waals surface area contributed by atoms with Gasteiger partial charge in [-0.05, 0) is 17.7 Å². The molecule has 0 unspecified atom stereocenters. The van der Waals surface area contributed by atoms with E-state index in [2.05, 4.69) is 66.7 Å². The summed E-state index contributed by atoms with van der Waals surface area (Å²) >= 11 is 0. The van der Waals surface area contributed by atoms with E-state index in [0.717, 1.165) is 60.7 Å². The maximum Gasteiger partial charge on any atom is 0.253 e. The number of carbonyl (C=O) groups is 2. The van der Waals surface area contributed by atoms with Crippen molar-refractivity contribution in [3.05, 3.63) is 89.7 Å². The van der Waals surface area contributed by atoms with E-state index in [-0.39, 0.29) is 18.2 Å². The number of fused-ring (bicyclic) bond motifs is 1. The van der Waals surface area contributed by atoms with Gasteiger partial charge in [0.25, 0.3) is 5.91 Å². The summed E-state index contributed by atoms with van der Waals surface area (Å²) in [7, 11) is 0. The maximum absolute atomic E-state index is 12.2. The molecule has 0 spiro atoms. The van der Waals surface area contributed by atoms with E-state index in [1.807, 2.05) is 24.3 Å². The largest absolute Gasteiger partial charge is 0.353 e. The van der Waals surface area contributed by atoms with Crippen LogP contribution in [0.15, 0.2) is 72.9 Å². The van der Waals surface area contributed by atoms with Crippen molar-refractivity contribution in [2.75, 3.05) is 42.5 Å². The first-order valence-electron chi connectivity index (χ1n) is 12.7. The summed E-state index contributed by atoms with van der Waals surface area (Å²) in [6.45, 7) is 4.97. The maximum atomic E-state index is 12.2. The zero-order valence-electron chi connectivity index (χ0n) is 20.9. The minimum atomic E-state index is -0.285. The monoisotopic (exact) mass is 494 g/mol. The van der Waals surface area contributed by atoms with Crippen LogP contribution in [0.25, 0.3) is 10.8 Å². The van der Waals surface area contributed by atoms with Gasteiger partial charge >= 0.3 is 0 Å². The first-order valence-corrected chi connectivity index (χ1v) is 12.7. The summed E-state index contributed by atoms with van der Waals surface area (Å²) in [5.74, 6) is 1.45. The smallest absolute Gasteiger partial charge is 0.253 e. The van der Waals surface area contributed by atoms with Gasteiger partial charge in [-0.3, -0.25) is 9.59 Å². The van der Waals surface area contributed by atoms with Crippen LogP contribution in [0.5, 0.6) is 0 Å². The van der Waals surface area contributed by atoms with E-state index in [0.29, 0.717) is 12.0 Å². The molecule has 1 saturated heterocycles. The Kier molecular flexibility index (Phi) is 7.35. The first kappa shape index (κ1) is 24.4. The van der Waals surface area contributed by atoms with Gasteiger partial charge in [-0.25, -0.2) is 4.98 Å². The number of ketones is 1. The van der Waals surface area contributed by atoms with Gasteiger partial charge in [-0.2, -0.15) is 5.10 Å². The summed E-state index contributed by atoms with van der Waals surface area (Å²) < 4.78 is 0. The Balaban J connectivity index is 1.25. The fourth-order valence-electron chi connectivity index (χ4n) is 4.56. The standard InChI is InChI=1S/C29H30N6O2/c1-2-23(36)20-31-29(37)22-12-13-27(30-19-22)34-14-16-35(17-15-34)28-25-11-7-6-10-24(25)26(32-33-28)18-21-8-4-3-5-9-21/h3-13,19H,2,14-18,20H2,1H3,(H,31,37). The summed E-state index contributed by atoms with van der Waals surface area (Å²) in [5, 5.41) is 14.2. The minimum absolute atomic E-state index is 0.000831. The third-order valence-corrected chi connectivity index (χ3v) is 6.71. The number of hydrogen-bond donors (Lipinski definition) is 1. The molecule has 5 rings (SSSR count). The molecule has 2 aromatic heterocycles. The molecule has 8 heteroatoms. The fourth-order valence-corrected chi connectivity index (χ4v) is 4.56. The number of Topliss-reactive ketones (excluding diaryl/α,β-unsaturated/α-hetero) is 1. The number of anilines is 2. The summed E-state index contributed by atoms with van der Waals surface area (Å²) in [4.78, 5) is 32.7. The number of piperazine rings is 1. The van der Waals surface area contributed by atoms with Crippen molar-refractivity contribution in [1.82, 2.24) is 20.5 Å². The number of amides is 1. The van der Waals surface area contributed by atoms with Gasteiger partial charge < -0.3 is 15.1 Å². The summed E-state index contributed by atoms with van der Waals surface area (Å²) in [6.07, 6.45) is 2.72. The fraction of sp³-hybridized carbons (Fsp3) is 0.276. The van der Waals surface area contributed by atoms with Crippen molar-refractivity contribution >= 4 is 34.1 Å². The van der Waals surface area contributed by atoms with Crippen LogP contribution in [-0.4, -0.2) is 59.6 Å². The second-order valence-electron chi connectivity index (χ2n) is 9.13. The average molecular weight is 495 g/mol. The molecule has 8 nitrogen and oxygen atoms in total. The molecule has 188 valence electrons. The van der Waals surface area contributed by atoms with E-state index < -0.39 is 0 Å². The normalized spacial score (nSPS) is 13.5. The molecule has 0 radical (unpaired) electrons. The summed E-state index contributed by atoms with van der Waals surface area (Å²) in [6, 6.07) is 22.3. The predicted octanol–water partition coefficient (Wildman–Crippen LogP) is 3.65. The lowest BCUT2D eigenvalue weighted by atomic mass is 10.0. The van der Waals surface area contributed by atoms with Crippen LogP contribution in [0.1, 0.15) is 35.0 Å². The van der Waals surface area contributed by atoms with E-state index in [1.165, 1.54) is 5.56 Å². The quantitative estimate of drug-likeness (QED) is 0.400. The van der Waals surface area contributed by atoms with Gasteiger partial charge in [0.15, 0.2) is 11.6 Å². The number of nitrogens with one attached hydrogen (secondary N) is 1. The Bertz CT molecular complexity index is 1380. The zero-order chi connectivity index (χ0) is 25.6. The third-order valence-electron chi connectivity index (χ3n) is 6.71. The Morgan fingerprint density at radius 2 is 1.54 bits per heavy atom. The van der Waals surface area contributed by atoms with Gasteiger partial charge in [-0.15, -0.1) is 5.10 Å². The topological polar surface area (TPSA) is 91.3 Å². The number of carbonyl (C=O) groups excluding carboxylic acids is 2. The van der Waals surface area contributed by atoms with Crippen LogP contribution in [0.4, 0.5) is 11.6 Å². The van der Waals surface area contributed by atoms with Crippen molar-refractivity contribution in [2.45, 2.75) is 19.8 Å². The van der Waals surface area contributed by atoms with Gasteiger partial charge in [0.1, 0.15) is 5.82 Å². The number of pyridine rings is 1. The van der Waals surface area contributed by atoms with Crippen LogP contribution in [0, 0.1) is 0 Å². The molecule has 0 atom stereocenters. The second-order valence-corrected chi connectivity index (χ2v) is 9.13. The van der Waals surface area contributed by atoms with Gasteiger partial charge in [0.2, 0.25) is 0 Å². The Morgan fingerprint density at radius 3 is 2.24 bits per heavy atom. The molecule has 1 aliphatic rings. The zero-order valence-corrected chi connectivity index (χ0v) is 20.9. The second kappa shape index (κ2) is 11.2. The van der Waals surface area contributed by atoms with Gasteiger partial charge in [0, 0.05) is 56.0 Å².